The molecular formula is C26H28N6O. The molecule has 4 rings (SSSR count). The minimum Gasteiger partial charge on any atom is -0.314 e. The number of para-hydroxylation sites is 2. The van der Waals surface area contributed by atoms with Gasteiger partial charge in [-0.15, -0.1) is 0 Å². The Balaban J connectivity index is 0.000000192. The van der Waals surface area contributed by atoms with E-state index >= 15 is 0 Å². The molecule has 33 heavy (non-hydrogen) atoms. The van der Waals surface area contributed by atoms with E-state index in [9.17, 15) is 4.79 Å². The summed E-state index contributed by atoms with van der Waals surface area (Å²) in [4.78, 5) is 17.7. The first-order valence-corrected chi connectivity index (χ1v) is 10.2. The lowest BCUT2D eigenvalue weighted by atomic mass is 10.3. The van der Waals surface area contributed by atoms with Crippen LogP contribution in [-0.4, -0.2) is 36.6 Å². The fourth-order valence-corrected chi connectivity index (χ4v) is 2.42. The Morgan fingerprint density at radius 3 is 1.55 bits per heavy atom. The molecule has 2 N–H and O–H groups in total. The van der Waals surface area contributed by atoms with Crippen LogP contribution in [0, 0.1) is 0 Å². The molecule has 2 aromatic carbocycles. The summed E-state index contributed by atoms with van der Waals surface area (Å²) in [6, 6.07) is 27.0. The Hall–Kier alpha value is -4.36. The molecule has 0 aliphatic rings. The van der Waals surface area contributed by atoms with Gasteiger partial charge in [0.2, 0.25) is 0 Å². The number of carbonyl (C=O) groups excluding carboxylic acids is 1. The van der Waals surface area contributed by atoms with Crippen LogP contribution >= 0.6 is 0 Å². The fraction of sp³-hybridized carbons (Fsp3) is 0.0769. The summed E-state index contributed by atoms with van der Waals surface area (Å²) < 4.78 is 0. The third-order valence-corrected chi connectivity index (χ3v) is 4.22. The summed E-state index contributed by atoms with van der Waals surface area (Å²) in [5.41, 5.74) is 3.79. The van der Waals surface area contributed by atoms with Crippen molar-refractivity contribution in [3.8, 4) is 0 Å². The van der Waals surface area contributed by atoms with Crippen molar-refractivity contribution >= 4 is 23.9 Å². The molecule has 0 bridgehead atoms. The number of hydrazone groups is 1. The summed E-state index contributed by atoms with van der Waals surface area (Å²) in [6.45, 7) is 0. The van der Waals surface area contributed by atoms with Crippen LogP contribution in [0.2, 0.25) is 0 Å². The van der Waals surface area contributed by atoms with Crippen LogP contribution in [0.25, 0.3) is 0 Å². The van der Waals surface area contributed by atoms with Gasteiger partial charge in [-0.05, 0) is 54.1 Å². The standard InChI is InChI=1S/C13H13N3.C7H10N2.C6H5NO/c1-16(13-5-3-2-4-6-13)15-11-12-7-9-14-10-8-12;1-9(8)7-5-3-2-4-6-7;8-5-6-1-3-7-4-2-6/h2-11H,1H3;2-6H,8H2,1H3;1-5H/b15-11+;;. The molecule has 2 aromatic heterocycles. The van der Waals surface area contributed by atoms with Gasteiger partial charge in [0.1, 0.15) is 6.29 Å². The third-order valence-electron chi connectivity index (χ3n) is 4.22. The number of anilines is 2. The number of aromatic nitrogens is 2. The van der Waals surface area contributed by atoms with Crippen LogP contribution in [0.5, 0.6) is 0 Å². The van der Waals surface area contributed by atoms with E-state index in [1.54, 1.807) is 41.9 Å². The van der Waals surface area contributed by atoms with E-state index in [0.717, 1.165) is 23.2 Å². The van der Waals surface area contributed by atoms with Crippen LogP contribution in [0.3, 0.4) is 0 Å². The molecule has 0 radical (unpaired) electrons. The summed E-state index contributed by atoms with van der Waals surface area (Å²) in [7, 11) is 3.74. The van der Waals surface area contributed by atoms with Gasteiger partial charge in [0, 0.05) is 44.4 Å². The SMILES string of the molecule is CN(/N=C/c1ccncc1)c1ccccc1.CN(N)c1ccccc1.O=Cc1ccncc1. The first-order valence-electron chi connectivity index (χ1n) is 10.2. The third kappa shape index (κ3) is 9.99. The molecule has 0 unspecified atom stereocenters. The van der Waals surface area contributed by atoms with Crippen molar-refractivity contribution in [2.45, 2.75) is 0 Å². The smallest absolute Gasteiger partial charge is 0.150 e. The van der Waals surface area contributed by atoms with E-state index in [1.165, 1.54) is 0 Å². The predicted molar refractivity (Wildman–Crippen MR) is 135 cm³/mol. The summed E-state index contributed by atoms with van der Waals surface area (Å²) in [5.74, 6) is 5.45. The Bertz CT molecular complexity index is 1060. The molecule has 168 valence electrons. The summed E-state index contributed by atoms with van der Waals surface area (Å²) in [5, 5.41) is 7.76. The maximum absolute atomic E-state index is 9.98. The fourth-order valence-electron chi connectivity index (χ4n) is 2.42. The molecule has 0 saturated carbocycles. The van der Waals surface area contributed by atoms with E-state index < -0.39 is 0 Å². The molecule has 0 spiro atoms. The summed E-state index contributed by atoms with van der Waals surface area (Å²) >= 11 is 0. The highest BCUT2D eigenvalue weighted by Gasteiger charge is 1.94. The van der Waals surface area contributed by atoms with Gasteiger partial charge in [0.15, 0.2) is 0 Å². The lowest BCUT2D eigenvalue weighted by Gasteiger charge is -2.11. The Morgan fingerprint density at radius 2 is 1.15 bits per heavy atom. The van der Waals surface area contributed by atoms with Crippen molar-refractivity contribution in [3.63, 3.8) is 0 Å². The second kappa shape index (κ2) is 14.6. The predicted octanol–water partition coefficient (Wildman–Crippen LogP) is 4.44. The quantitative estimate of drug-likeness (QED) is 0.214. The highest BCUT2D eigenvalue weighted by atomic mass is 16.1. The normalized spacial score (nSPS) is 9.67. The average molecular weight is 441 g/mol. The zero-order valence-corrected chi connectivity index (χ0v) is 18.8. The maximum Gasteiger partial charge on any atom is 0.150 e. The lowest BCUT2D eigenvalue weighted by molar-refractivity contribution is 0.112. The van der Waals surface area contributed by atoms with Gasteiger partial charge >= 0.3 is 0 Å². The van der Waals surface area contributed by atoms with Crippen LogP contribution in [-0.2, 0) is 0 Å². The number of nitrogens with zero attached hydrogens (tertiary/aromatic N) is 5. The number of hydrogen-bond acceptors (Lipinski definition) is 7. The lowest BCUT2D eigenvalue weighted by Crippen LogP contribution is -2.24. The molecule has 0 aliphatic carbocycles. The highest BCUT2D eigenvalue weighted by Crippen LogP contribution is 2.10. The van der Waals surface area contributed by atoms with Crippen LogP contribution < -0.4 is 15.9 Å². The summed E-state index contributed by atoms with van der Waals surface area (Å²) in [6.07, 6.45) is 9.29. The minimum atomic E-state index is 0.667. The zero-order chi connectivity index (χ0) is 23.7. The number of rotatable bonds is 5. The number of aldehydes is 1. The number of nitrogens with two attached hydrogens (primary N) is 1. The van der Waals surface area contributed by atoms with Crippen LogP contribution in [0.15, 0.2) is 115 Å². The number of hydrogen-bond donors (Lipinski definition) is 1. The average Bonchev–Trinajstić information content (AvgIpc) is 2.90. The Morgan fingerprint density at radius 1 is 0.697 bits per heavy atom. The monoisotopic (exact) mass is 440 g/mol. The van der Waals surface area contributed by atoms with E-state index in [1.807, 2.05) is 98.1 Å². The topological polar surface area (TPSA) is 87.7 Å². The van der Waals surface area contributed by atoms with Crippen molar-refractivity contribution in [2.75, 3.05) is 24.1 Å². The first-order chi connectivity index (χ1) is 16.1. The van der Waals surface area contributed by atoms with Crippen LogP contribution in [0.4, 0.5) is 11.4 Å². The van der Waals surface area contributed by atoms with Crippen molar-refractivity contribution in [3.05, 3.63) is 121 Å². The van der Waals surface area contributed by atoms with Crippen molar-refractivity contribution in [1.29, 1.82) is 0 Å². The molecular weight excluding hydrogens is 412 g/mol. The Kier molecular flexibility index (Phi) is 11.0. The second-order valence-electron chi connectivity index (χ2n) is 6.73. The molecule has 0 aliphatic heterocycles. The number of hydrazine groups is 1. The largest absolute Gasteiger partial charge is 0.314 e. The van der Waals surface area contributed by atoms with Gasteiger partial charge < -0.3 is 5.01 Å². The minimum absolute atomic E-state index is 0.667. The zero-order valence-electron chi connectivity index (χ0n) is 18.8. The van der Waals surface area contributed by atoms with E-state index in [4.69, 9.17) is 5.84 Å². The van der Waals surface area contributed by atoms with Crippen molar-refractivity contribution in [2.24, 2.45) is 10.9 Å². The highest BCUT2D eigenvalue weighted by molar-refractivity contribution is 5.80. The first kappa shape index (κ1) is 24.9. The van der Waals surface area contributed by atoms with Gasteiger partial charge in [-0.25, -0.2) is 5.84 Å². The Labute approximate surface area is 194 Å². The van der Waals surface area contributed by atoms with Crippen molar-refractivity contribution < 1.29 is 4.79 Å². The molecule has 0 atom stereocenters. The van der Waals surface area contributed by atoms with Gasteiger partial charge in [0.05, 0.1) is 17.6 Å². The van der Waals surface area contributed by atoms with Gasteiger partial charge in [0.25, 0.3) is 0 Å². The molecule has 0 amide bonds. The molecule has 2 heterocycles. The molecule has 7 nitrogen and oxygen atoms in total. The van der Waals surface area contributed by atoms with Crippen molar-refractivity contribution in [1.82, 2.24) is 9.97 Å². The van der Waals surface area contributed by atoms with Gasteiger partial charge in [-0.3, -0.25) is 19.8 Å². The number of carbonyl (C=O) groups is 1. The van der Waals surface area contributed by atoms with E-state index in [-0.39, 0.29) is 0 Å². The van der Waals surface area contributed by atoms with Gasteiger partial charge in [-0.1, -0.05) is 36.4 Å². The van der Waals surface area contributed by atoms with E-state index in [2.05, 4.69) is 15.1 Å². The molecule has 7 heteroatoms. The van der Waals surface area contributed by atoms with E-state index in [0.29, 0.717) is 5.56 Å². The number of benzene rings is 2. The van der Waals surface area contributed by atoms with Gasteiger partial charge in [-0.2, -0.15) is 5.10 Å². The van der Waals surface area contributed by atoms with Crippen LogP contribution in [0.1, 0.15) is 15.9 Å². The second-order valence-corrected chi connectivity index (χ2v) is 6.73. The maximum atomic E-state index is 9.98. The molecule has 0 saturated heterocycles. The molecule has 4 aromatic rings. The molecule has 0 fully saturated rings. The number of pyridine rings is 2.